The average molecular weight is 314 g/mol. The highest BCUT2D eigenvalue weighted by Gasteiger charge is 2.13. The number of phenols is 1. The molecule has 0 radical (unpaired) electrons. The van der Waals surface area contributed by atoms with Gasteiger partial charge in [0.2, 0.25) is 0 Å². The monoisotopic (exact) mass is 313 g/mol. The number of rotatable bonds is 2. The Morgan fingerprint density at radius 3 is 2.71 bits per heavy atom. The first-order valence-electron chi connectivity index (χ1n) is 6.88. The lowest BCUT2D eigenvalue weighted by molar-refractivity contribution is 0.484. The summed E-state index contributed by atoms with van der Waals surface area (Å²) < 4.78 is 0. The van der Waals surface area contributed by atoms with E-state index >= 15 is 0 Å². The van der Waals surface area contributed by atoms with Crippen molar-refractivity contribution in [2.75, 3.05) is 0 Å². The molecule has 3 aromatic rings. The van der Waals surface area contributed by atoms with Crippen LogP contribution in [0.25, 0.3) is 10.9 Å². The lowest BCUT2D eigenvalue weighted by Crippen LogP contribution is -2.30. The molecule has 106 valence electrons. The van der Waals surface area contributed by atoms with Gasteiger partial charge in [-0.2, -0.15) is 0 Å². The number of aromatic nitrogens is 1. The summed E-state index contributed by atoms with van der Waals surface area (Å²) in [5, 5.41) is 14.2. The van der Waals surface area contributed by atoms with Gasteiger partial charge in [-0.25, -0.2) is 0 Å². The van der Waals surface area contributed by atoms with Gasteiger partial charge in [0, 0.05) is 11.6 Å². The quantitative estimate of drug-likeness (QED) is 0.737. The SMILES string of the molecule is Cc1cccc([SiH2]c2cc(Cl)c3cccnc3c2O)c1C. The van der Waals surface area contributed by atoms with E-state index in [2.05, 4.69) is 37.0 Å². The minimum absolute atomic E-state index is 0.280. The zero-order valence-electron chi connectivity index (χ0n) is 12.0. The third kappa shape index (κ3) is 2.54. The molecule has 0 aliphatic heterocycles. The van der Waals surface area contributed by atoms with Crippen molar-refractivity contribution in [1.29, 1.82) is 0 Å². The molecule has 0 spiro atoms. The average Bonchev–Trinajstić information content (AvgIpc) is 2.49. The van der Waals surface area contributed by atoms with E-state index in [0.29, 0.717) is 10.5 Å². The van der Waals surface area contributed by atoms with Crippen LogP contribution in [0.5, 0.6) is 5.75 Å². The highest BCUT2D eigenvalue weighted by atomic mass is 35.5. The topological polar surface area (TPSA) is 33.1 Å². The van der Waals surface area contributed by atoms with Gasteiger partial charge < -0.3 is 5.11 Å². The normalized spacial score (nSPS) is 11.6. The smallest absolute Gasteiger partial charge is 0.140 e. The molecule has 21 heavy (non-hydrogen) atoms. The molecule has 1 heterocycles. The summed E-state index contributed by atoms with van der Waals surface area (Å²) in [6.45, 7) is 4.25. The van der Waals surface area contributed by atoms with Crippen LogP contribution in [0.3, 0.4) is 0 Å². The minimum atomic E-state index is -0.797. The second kappa shape index (κ2) is 5.51. The molecule has 2 nitrogen and oxygen atoms in total. The summed E-state index contributed by atoms with van der Waals surface area (Å²) in [5.41, 5.74) is 3.18. The number of phenolic OH excluding ortho intramolecular Hbond substituents is 1. The van der Waals surface area contributed by atoms with Crippen LogP contribution in [0.4, 0.5) is 0 Å². The number of pyridine rings is 1. The molecule has 0 saturated carbocycles. The molecule has 0 aliphatic carbocycles. The predicted octanol–water partition coefficient (Wildman–Crippen LogP) is 2.33. The Hall–Kier alpha value is -1.84. The van der Waals surface area contributed by atoms with E-state index in [-0.39, 0.29) is 5.75 Å². The van der Waals surface area contributed by atoms with Gasteiger partial charge in [0.05, 0.1) is 14.5 Å². The molecule has 4 heteroatoms. The van der Waals surface area contributed by atoms with Crippen LogP contribution >= 0.6 is 11.6 Å². The molecule has 0 bridgehead atoms. The molecule has 0 amide bonds. The number of aromatic hydroxyl groups is 1. The number of benzene rings is 2. The van der Waals surface area contributed by atoms with Gasteiger partial charge in [0.25, 0.3) is 0 Å². The lowest BCUT2D eigenvalue weighted by atomic mass is 10.1. The Morgan fingerprint density at radius 1 is 1.10 bits per heavy atom. The maximum atomic E-state index is 10.5. The number of hydrogen-bond donors (Lipinski definition) is 1. The van der Waals surface area contributed by atoms with E-state index < -0.39 is 9.52 Å². The minimum Gasteiger partial charge on any atom is -0.506 e. The van der Waals surface area contributed by atoms with Crippen molar-refractivity contribution in [3.63, 3.8) is 0 Å². The Kier molecular flexibility index (Phi) is 3.70. The molecule has 1 aromatic heterocycles. The van der Waals surface area contributed by atoms with Gasteiger partial charge in [-0.3, -0.25) is 4.98 Å². The van der Waals surface area contributed by atoms with Crippen molar-refractivity contribution >= 4 is 42.4 Å². The zero-order chi connectivity index (χ0) is 15.0. The molecule has 1 N–H and O–H groups in total. The Balaban J connectivity index is 2.13. The van der Waals surface area contributed by atoms with Crippen molar-refractivity contribution in [2.45, 2.75) is 13.8 Å². The van der Waals surface area contributed by atoms with Crippen LogP contribution in [0, 0.1) is 13.8 Å². The van der Waals surface area contributed by atoms with E-state index in [1.807, 2.05) is 18.2 Å². The van der Waals surface area contributed by atoms with Crippen molar-refractivity contribution in [3.8, 4) is 5.75 Å². The molecular formula is C17H16ClNOSi. The summed E-state index contributed by atoms with van der Waals surface area (Å²) in [5.74, 6) is 0.280. The fourth-order valence-corrected chi connectivity index (χ4v) is 4.84. The molecule has 0 fully saturated rings. The van der Waals surface area contributed by atoms with Gasteiger partial charge in [-0.05, 0) is 48.4 Å². The number of aryl methyl sites for hydroxylation is 1. The lowest BCUT2D eigenvalue weighted by Gasteiger charge is -2.11. The largest absolute Gasteiger partial charge is 0.506 e. The number of hydrogen-bond acceptors (Lipinski definition) is 2. The maximum Gasteiger partial charge on any atom is 0.140 e. The number of fused-ring (bicyclic) bond motifs is 1. The summed E-state index contributed by atoms with van der Waals surface area (Å²) in [6, 6.07) is 11.9. The van der Waals surface area contributed by atoms with Gasteiger partial charge in [-0.1, -0.05) is 35.0 Å². The van der Waals surface area contributed by atoms with Crippen molar-refractivity contribution in [1.82, 2.24) is 4.98 Å². The summed E-state index contributed by atoms with van der Waals surface area (Å²) in [4.78, 5) is 4.27. The Labute approximate surface area is 131 Å². The highest BCUT2D eigenvalue weighted by Crippen LogP contribution is 2.27. The molecular weight excluding hydrogens is 298 g/mol. The first kappa shape index (κ1) is 14.1. The van der Waals surface area contributed by atoms with Crippen molar-refractivity contribution in [3.05, 3.63) is 58.7 Å². The third-order valence-electron chi connectivity index (χ3n) is 3.99. The third-order valence-corrected chi connectivity index (χ3v) is 6.37. The molecule has 0 unspecified atom stereocenters. The fourth-order valence-electron chi connectivity index (χ4n) is 2.58. The molecule has 0 atom stereocenters. The van der Waals surface area contributed by atoms with E-state index in [9.17, 15) is 5.11 Å². The van der Waals surface area contributed by atoms with E-state index in [4.69, 9.17) is 11.6 Å². The van der Waals surface area contributed by atoms with Gasteiger partial charge in [-0.15, -0.1) is 0 Å². The first-order chi connectivity index (χ1) is 10.1. The number of nitrogens with zero attached hydrogens (tertiary/aromatic N) is 1. The van der Waals surface area contributed by atoms with E-state index in [0.717, 1.165) is 10.6 Å². The molecule has 0 saturated heterocycles. The molecule has 2 aromatic carbocycles. The van der Waals surface area contributed by atoms with Crippen molar-refractivity contribution in [2.24, 2.45) is 0 Å². The summed E-state index contributed by atoms with van der Waals surface area (Å²) in [7, 11) is -0.797. The Bertz CT molecular complexity index is 832. The van der Waals surface area contributed by atoms with Gasteiger partial charge in [0.1, 0.15) is 11.3 Å². The summed E-state index contributed by atoms with van der Waals surface area (Å²) >= 11 is 6.34. The molecule has 0 aliphatic rings. The second-order valence-corrected chi connectivity index (χ2v) is 7.59. The van der Waals surface area contributed by atoms with Gasteiger partial charge in [0.15, 0.2) is 0 Å². The fraction of sp³-hybridized carbons (Fsp3) is 0.118. The van der Waals surface area contributed by atoms with Crippen molar-refractivity contribution < 1.29 is 5.11 Å². The predicted molar refractivity (Wildman–Crippen MR) is 92.1 cm³/mol. The van der Waals surface area contributed by atoms with E-state index in [1.165, 1.54) is 16.3 Å². The van der Waals surface area contributed by atoms with Crippen LogP contribution in [0.2, 0.25) is 5.02 Å². The standard InChI is InChI=1S/C17H16ClNOSi/c1-10-5-3-7-14(11(10)2)21-15-9-13(18)12-6-4-8-19-16(12)17(15)20/h3-9,20H,21H2,1-2H3. The second-order valence-electron chi connectivity index (χ2n) is 5.30. The zero-order valence-corrected chi connectivity index (χ0v) is 14.2. The molecule has 3 rings (SSSR count). The summed E-state index contributed by atoms with van der Waals surface area (Å²) in [6.07, 6.45) is 1.68. The van der Waals surface area contributed by atoms with Gasteiger partial charge >= 0.3 is 0 Å². The van der Waals surface area contributed by atoms with E-state index in [1.54, 1.807) is 6.20 Å². The van der Waals surface area contributed by atoms with Crippen LogP contribution in [0.1, 0.15) is 11.1 Å². The van der Waals surface area contributed by atoms with Crippen LogP contribution in [-0.2, 0) is 0 Å². The Morgan fingerprint density at radius 2 is 1.90 bits per heavy atom. The maximum absolute atomic E-state index is 10.5. The number of halogens is 1. The van der Waals surface area contributed by atoms with Crippen LogP contribution in [-0.4, -0.2) is 19.6 Å². The van der Waals surface area contributed by atoms with Crippen LogP contribution in [0.15, 0.2) is 42.6 Å². The highest BCUT2D eigenvalue weighted by molar-refractivity contribution is 6.69. The first-order valence-corrected chi connectivity index (χ1v) is 8.67. The van der Waals surface area contributed by atoms with Crippen LogP contribution < -0.4 is 10.4 Å².